The van der Waals surface area contributed by atoms with Crippen LogP contribution in [0, 0.1) is 11.3 Å². The molecule has 0 aromatic heterocycles. The number of hydrogen-bond donors (Lipinski definition) is 0. The number of rotatable bonds is 7. The van der Waals surface area contributed by atoms with Crippen molar-refractivity contribution < 1.29 is 9.53 Å². The number of carbonyl (C=O) groups is 1. The van der Waals surface area contributed by atoms with Gasteiger partial charge in [-0.15, -0.1) is 0 Å². The number of nitrogens with zero attached hydrogens (tertiary/aromatic N) is 2. The van der Waals surface area contributed by atoms with E-state index in [1.54, 1.807) is 6.92 Å². The molecule has 0 aliphatic rings. The molecule has 2 unspecified atom stereocenters. The minimum atomic E-state index is -0.407. The number of ether oxygens (including phenoxy) is 1. The predicted octanol–water partition coefficient (Wildman–Crippen LogP) is 4.10. The van der Waals surface area contributed by atoms with Gasteiger partial charge in [0.1, 0.15) is 0 Å². The second-order valence-electron chi connectivity index (χ2n) is 6.12. The number of nitriles is 1. The van der Waals surface area contributed by atoms with Gasteiger partial charge in [-0.3, -0.25) is 4.79 Å². The van der Waals surface area contributed by atoms with Gasteiger partial charge in [-0.2, -0.15) is 5.26 Å². The van der Waals surface area contributed by atoms with E-state index in [0.29, 0.717) is 6.61 Å². The van der Waals surface area contributed by atoms with Gasteiger partial charge in [-0.1, -0.05) is 42.5 Å². The van der Waals surface area contributed by atoms with E-state index in [1.165, 1.54) is 0 Å². The Morgan fingerprint density at radius 1 is 1.08 bits per heavy atom. The van der Waals surface area contributed by atoms with Crippen molar-refractivity contribution in [1.82, 2.24) is 0 Å². The summed E-state index contributed by atoms with van der Waals surface area (Å²) in [5.41, 5.74) is 2.96. The van der Waals surface area contributed by atoms with Crippen molar-refractivity contribution in [3.05, 3.63) is 65.7 Å². The summed E-state index contributed by atoms with van der Waals surface area (Å²) in [4.78, 5) is 14.1. The van der Waals surface area contributed by atoms with Crippen molar-refractivity contribution in [2.24, 2.45) is 0 Å². The average Bonchev–Trinajstić information content (AvgIpc) is 2.63. The minimum Gasteiger partial charge on any atom is -0.466 e. The first-order valence-electron chi connectivity index (χ1n) is 8.44. The van der Waals surface area contributed by atoms with Crippen LogP contribution in [-0.2, 0) is 9.53 Å². The molecule has 0 bridgehead atoms. The summed E-state index contributed by atoms with van der Waals surface area (Å²) < 4.78 is 5.13. The Balaban J connectivity index is 2.38. The van der Waals surface area contributed by atoms with E-state index in [-0.39, 0.29) is 18.3 Å². The highest BCUT2D eigenvalue weighted by molar-refractivity contribution is 5.71. The maximum Gasteiger partial charge on any atom is 0.306 e. The number of esters is 1. The van der Waals surface area contributed by atoms with Crippen LogP contribution in [0.2, 0.25) is 0 Å². The second kappa shape index (κ2) is 8.89. The van der Waals surface area contributed by atoms with E-state index in [1.807, 2.05) is 73.6 Å². The van der Waals surface area contributed by atoms with Crippen molar-refractivity contribution in [3.63, 3.8) is 0 Å². The molecular weight excluding hydrogens is 312 g/mol. The molecule has 4 heteroatoms. The van der Waals surface area contributed by atoms with Crippen molar-refractivity contribution in [2.75, 3.05) is 25.6 Å². The van der Waals surface area contributed by atoms with Crippen LogP contribution in [0.4, 0.5) is 5.69 Å². The SMILES string of the molecule is CCOC(=O)CC(c1ccc(N(C)C)cc1)C(C#N)c1ccccc1. The van der Waals surface area contributed by atoms with E-state index in [2.05, 4.69) is 6.07 Å². The fourth-order valence-corrected chi connectivity index (χ4v) is 2.90. The maximum atomic E-state index is 12.1. The zero-order valence-corrected chi connectivity index (χ0v) is 15.0. The number of hydrogen-bond acceptors (Lipinski definition) is 4. The molecule has 130 valence electrons. The minimum absolute atomic E-state index is 0.183. The predicted molar refractivity (Wildman–Crippen MR) is 99.6 cm³/mol. The summed E-state index contributed by atoms with van der Waals surface area (Å²) in [6, 6.07) is 20.0. The van der Waals surface area contributed by atoms with E-state index in [9.17, 15) is 10.1 Å². The second-order valence-corrected chi connectivity index (χ2v) is 6.12. The lowest BCUT2D eigenvalue weighted by molar-refractivity contribution is -0.143. The fourth-order valence-electron chi connectivity index (χ4n) is 2.90. The van der Waals surface area contributed by atoms with Gasteiger partial charge in [-0.25, -0.2) is 0 Å². The summed E-state index contributed by atoms with van der Waals surface area (Å²) in [6.45, 7) is 2.13. The van der Waals surface area contributed by atoms with E-state index in [0.717, 1.165) is 16.8 Å². The lowest BCUT2D eigenvalue weighted by Gasteiger charge is -2.23. The third-order valence-corrected chi connectivity index (χ3v) is 4.23. The molecule has 0 aliphatic carbocycles. The molecule has 2 rings (SSSR count). The standard InChI is InChI=1S/C21H24N2O2/c1-4-25-21(24)14-19(17-10-12-18(13-11-17)23(2)3)20(15-22)16-8-6-5-7-9-16/h5-13,19-20H,4,14H2,1-3H3. The molecule has 0 saturated carbocycles. The lowest BCUT2D eigenvalue weighted by Crippen LogP contribution is -2.17. The molecule has 0 amide bonds. The number of benzene rings is 2. The third kappa shape index (κ3) is 4.84. The van der Waals surface area contributed by atoms with Crippen LogP contribution >= 0.6 is 0 Å². The highest BCUT2D eigenvalue weighted by Gasteiger charge is 2.27. The molecule has 2 atom stereocenters. The van der Waals surface area contributed by atoms with Crippen LogP contribution < -0.4 is 4.90 Å². The van der Waals surface area contributed by atoms with Crippen LogP contribution in [0.25, 0.3) is 0 Å². The molecule has 0 radical (unpaired) electrons. The summed E-state index contributed by atoms with van der Waals surface area (Å²) in [7, 11) is 3.96. The Hall–Kier alpha value is -2.80. The summed E-state index contributed by atoms with van der Waals surface area (Å²) >= 11 is 0. The molecule has 25 heavy (non-hydrogen) atoms. The van der Waals surface area contributed by atoms with Gasteiger partial charge in [0, 0.05) is 25.7 Å². The van der Waals surface area contributed by atoms with Crippen LogP contribution in [0.15, 0.2) is 54.6 Å². The van der Waals surface area contributed by atoms with Crippen LogP contribution in [0.1, 0.15) is 36.3 Å². The van der Waals surface area contributed by atoms with E-state index in [4.69, 9.17) is 4.74 Å². The molecule has 0 N–H and O–H groups in total. The van der Waals surface area contributed by atoms with Crippen molar-refractivity contribution in [1.29, 1.82) is 5.26 Å². The number of anilines is 1. The molecule has 0 saturated heterocycles. The monoisotopic (exact) mass is 336 g/mol. The Morgan fingerprint density at radius 2 is 1.72 bits per heavy atom. The molecular formula is C21H24N2O2. The van der Waals surface area contributed by atoms with Gasteiger partial charge in [0.25, 0.3) is 0 Å². The maximum absolute atomic E-state index is 12.1. The van der Waals surface area contributed by atoms with Gasteiger partial charge < -0.3 is 9.64 Å². The average molecular weight is 336 g/mol. The Kier molecular flexibility index (Phi) is 6.59. The molecule has 2 aromatic rings. The zero-order valence-electron chi connectivity index (χ0n) is 15.0. The van der Waals surface area contributed by atoms with Crippen LogP contribution in [-0.4, -0.2) is 26.7 Å². The topological polar surface area (TPSA) is 53.3 Å². The largest absolute Gasteiger partial charge is 0.466 e. The highest BCUT2D eigenvalue weighted by atomic mass is 16.5. The van der Waals surface area contributed by atoms with Crippen LogP contribution in [0.5, 0.6) is 0 Å². The first-order valence-corrected chi connectivity index (χ1v) is 8.44. The van der Waals surface area contributed by atoms with Gasteiger partial charge in [0.2, 0.25) is 0 Å². The van der Waals surface area contributed by atoms with Gasteiger partial charge >= 0.3 is 5.97 Å². The van der Waals surface area contributed by atoms with E-state index < -0.39 is 5.92 Å². The van der Waals surface area contributed by atoms with Gasteiger partial charge in [0.15, 0.2) is 0 Å². The third-order valence-electron chi connectivity index (χ3n) is 4.23. The van der Waals surface area contributed by atoms with Gasteiger partial charge in [-0.05, 0) is 30.2 Å². The first-order chi connectivity index (χ1) is 12.1. The molecule has 2 aromatic carbocycles. The highest BCUT2D eigenvalue weighted by Crippen LogP contribution is 2.36. The summed E-state index contributed by atoms with van der Waals surface area (Å²) in [5, 5.41) is 9.79. The van der Waals surface area contributed by atoms with Gasteiger partial charge in [0.05, 0.1) is 25.0 Å². The van der Waals surface area contributed by atoms with Crippen molar-refractivity contribution in [3.8, 4) is 6.07 Å². The quantitative estimate of drug-likeness (QED) is 0.714. The molecule has 0 spiro atoms. The lowest BCUT2D eigenvalue weighted by atomic mass is 9.80. The normalized spacial score (nSPS) is 12.7. The summed E-state index contributed by atoms with van der Waals surface area (Å²) in [6.07, 6.45) is 0.183. The first kappa shape index (κ1) is 18.5. The Morgan fingerprint density at radius 3 is 2.24 bits per heavy atom. The van der Waals surface area contributed by atoms with Crippen LogP contribution in [0.3, 0.4) is 0 Å². The molecule has 0 aliphatic heterocycles. The number of carbonyl (C=O) groups excluding carboxylic acids is 1. The zero-order chi connectivity index (χ0) is 18.2. The molecule has 4 nitrogen and oxygen atoms in total. The fraction of sp³-hybridized carbons (Fsp3) is 0.333. The van der Waals surface area contributed by atoms with Crippen molar-refractivity contribution in [2.45, 2.75) is 25.2 Å². The summed E-state index contributed by atoms with van der Waals surface area (Å²) in [5.74, 6) is -0.932. The molecule has 0 heterocycles. The van der Waals surface area contributed by atoms with Crippen molar-refractivity contribution >= 4 is 11.7 Å². The van der Waals surface area contributed by atoms with E-state index >= 15 is 0 Å². The Labute approximate surface area is 149 Å². The molecule has 0 fully saturated rings. The Bertz CT molecular complexity index is 718. The smallest absolute Gasteiger partial charge is 0.306 e.